The van der Waals surface area contributed by atoms with Crippen molar-refractivity contribution in [2.24, 2.45) is 0 Å². The summed E-state index contributed by atoms with van der Waals surface area (Å²) in [6.07, 6.45) is 5.03. The average Bonchev–Trinajstić information content (AvgIpc) is 3.82. The van der Waals surface area contributed by atoms with Gasteiger partial charge in [0, 0.05) is 5.56 Å². The number of hydrogen-bond acceptors (Lipinski definition) is 5. The van der Waals surface area contributed by atoms with Gasteiger partial charge < -0.3 is 10.1 Å². The second kappa shape index (κ2) is 10.4. The normalized spacial score (nSPS) is 16.0. The first-order valence-corrected chi connectivity index (χ1v) is 14.4. The van der Waals surface area contributed by atoms with E-state index in [0.29, 0.717) is 28.7 Å². The lowest BCUT2D eigenvalue weighted by Gasteiger charge is -2.17. The third-order valence-corrected chi connectivity index (χ3v) is 8.77. The molecule has 0 spiro atoms. The van der Waals surface area contributed by atoms with Gasteiger partial charge in [0.25, 0.3) is 5.91 Å². The van der Waals surface area contributed by atoms with Crippen LogP contribution >= 0.6 is 0 Å². The minimum Gasteiger partial charge on any atom is -0.457 e. The Bertz CT molecular complexity index is 1400. The van der Waals surface area contributed by atoms with Crippen LogP contribution in [0.2, 0.25) is 0 Å². The molecule has 190 valence electrons. The fourth-order valence-corrected chi connectivity index (χ4v) is 5.36. The van der Waals surface area contributed by atoms with Crippen LogP contribution in [0.1, 0.15) is 84.0 Å². The smallest absolute Gasteiger partial charge is 0.251 e. The maximum absolute atomic E-state index is 12.9. The number of carbonyl (C=O) groups excluding carboxylic acids is 1. The van der Waals surface area contributed by atoms with Crippen molar-refractivity contribution in [3.8, 4) is 17.6 Å². The van der Waals surface area contributed by atoms with Gasteiger partial charge in [-0.2, -0.15) is 5.26 Å². The monoisotopic (exact) mass is 514 g/mol. The number of amides is 1. The maximum atomic E-state index is 12.9. The molecule has 37 heavy (non-hydrogen) atoms. The molecule has 0 saturated heterocycles. The highest BCUT2D eigenvalue weighted by molar-refractivity contribution is 7.91. The van der Waals surface area contributed by atoms with E-state index < -0.39 is 15.9 Å². The van der Waals surface area contributed by atoms with E-state index >= 15 is 0 Å². The molecule has 5 rings (SSSR count). The molecular formula is C30H30N2O4S. The van der Waals surface area contributed by atoms with Crippen molar-refractivity contribution in [1.29, 1.82) is 5.26 Å². The number of nitrogens with one attached hydrogen (secondary N) is 1. The molecule has 2 saturated carbocycles. The van der Waals surface area contributed by atoms with Crippen molar-refractivity contribution in [1.82, 2.24) is 5.32 Å². The topological polar surface area (TPSA) is 96.3 Å². The van der Waals surface area contributed by atoms with Crippen LogP contribution in [0.15, 0.2) is 71.6 Å². The van der Waals surface area contributed by atoms with Crippen LogP contribution in [0.3, 0.4) is 0 Å². The zero-order chi connectivity index (χ0) is 26.0. The third kappa shape index (κ3) is 6.03. The lowest BCUT2D eigenvalue weighted by Crippen LogP contribution is -2.28. The zero-order valence-corrected chi connectivity index (χ0v) is 21.6. The SMILES string of the molecule is CCS(=O)(=O)c1ccc(C(CC#N)NC(=O)c2ccc(Oc3cc(C4CC4)cc(C4CC4)c3)cc2)cc1. The van der Waals surface area contributed by atoms with E-state index in [0.717, 1.165) is 5.75 Å². The van der Waals surface area contributed by atoms with Crippen LogP contribution in [0.4, 0.5) is 0 Å². The van der Waals surface area contributed by atoms with Crippen molar-refractivity contribution in [2.45, 2.75) is 61.8 Å². The Hall–Kier alpha value is -3.63. The molecule has 2 aliphatic rings. The summed E-state index contributed by atoms with van der Waals surface area (Å²) < 4.78 is 30.3. The molecule has 2 fully saturated rings. The molecule has 3 aromatic carbocycles. The molecule has 7 heteroatoms. The molecule has 1 atom stereocenters. The van der Waals surface area contributed by atoms with Gasteiger partial charge in [0.15, 0.2) is 9.84 Å². The summed E-state index contributed by atoms with van der Waals surface area (Å²) in [6.45, 7) is 1.59. The number of ether oxygens (including phenoxy) is 1. The van der Waals surface area contributed by atoms with Gasteiger partial charge in [-0.15, -0.1) is 0 Å². The summed E-state index contributed by atoms with van der Waals surface area (Å²) in [7, 11) is -3.32. The predicted molar refractivity (Wildman–Crippen MR) is 142 cm³/mol. The number of carbonyl (C=O) groups is 1. The number of rotatable bonds is 10. The quantitative estimate of drug-likeness (QED) is 0.337. The van der Waals surface area contributed by atoms with Crippen LogP contribution in [-0.2, 0) is 9.84 Å². The first-order chi connectivity index (χ1) is 17.9. The van der Waals surface area contributed by atoms with E-state index in [1.54, 1.807) is 43.3 Å². The van der Waals surface area contributed by atoms with Gasteiger partial charge in [-0.05, 0) is 103 Å². The summed E-state index contributed by atoms with van der Waals surface area (Å²) in [5.74, 6) is 2.50. The number of hydrogen-bond donors (Lipinski definition) is 1. The van der Waals surface area contributed by atoms with Crippen molar-refractivity contribution < 1.29 is 17.9 Å². The molecule has 1 amide bonds. The van der Waals surface area contributed by atoms with E-state index in [1.165, 1.54) is 48.9 Å². The van der Waals surface area contributed by atoms with Gasteiger partial charge in [0.2, 0.25) is 0 Å². The van der Waals surface area contributed by atoms with Crippen molar-refractivity contribution in [3.05, 3.63) is 89.0 Å². The van der Waals surface area contributed by atoms with Crippen LogP contribution < -0.4 is 10.1 Å². The predicted octanol–water partition coefficient (Wildman–Crippen LogP) is 6.41. The number of nitriles is 1. The Morgan fingerprint density at radius 1 is 0.946 bits per heavy atom. The molecule has 0 aliphatic heterocycles. The van der Waals surface area contributed by atoms with E-state index in [2.05, 4.69) is 29.6 Å². The van der Waals surface area contributed by atoms with Gasteiger partial charge >= 0.3 is 0 Å². The summed E-state index contributed by atoms with van der Waals surface area (Å²) in [6, 6.07) is 21.4. The van der Waals surface area contributed by atoms with Gasteiger partial charge in [-0.3, -0.25) is 4.79 Å². The zero-order valence-electron chi connectivity index (χ0n) is 20.8. The first kappa shape index (κ1) is 25.0. The minimum atomic E-state index is -3.32. The molecule has 0 radical (unpaired) electrons. The fraction of sp³-hybridized carbons (Fsp3) is 0.333. The average molecular weight is 515 g/mol. The molecule has 3 aromatic rings. The van der Waals surface area contributed by atoms with Crippen molar-refractivity contribution >= 4 is 15.7 Å². The standard InChI is InChI=1S/C30H30N2O4S/c1-2-37(34,35)28-13-9-22(10-14-28)29(15-16-31)32-30(33)23-7-11-26(12-8-23)36-27-18-24(20-3-4-20)17-25(19-27)21-5-6-21/h7-14,17-21,29H,2-6,15H2,1H3,(H,32,33). The fourth-order valence-electron chi connectivity index (χ4n) is 4.48. The van der Waals surface area contributed by atoms with Crippen molar-refractivity contribution in [3.63, 3.8) is 0 Å². The van der Waals surface area contributed by atoms with Crippen LogP contribution in [0.5, 0.6) is 11.5 Å². The largest absolute Gasteiger partial charge is 0.457 e. The van der Waals surface area contributed by atoms with E-state index in [-0.39, 0.29) is 23.0 Å². The van der Waals surface area contributed by atoms with E-state index in [9.17, 15) is 18.5 Å². The minimum absolute atomic E-state index is 0.0120. The second-order valence-electron chi connectivity index (χ2n) is 9.87. The summed E-state index contributed by atoms with van der Waals surface area (Å²) >= 11 is 0. The Morgan fingerprint density at radius 2 is 1.54 bits per heavy atom. The second-order valence-corrected chi connectivity index (χ2v) is 12.1. The molecule has 6 nitrogen and oxygen atoms in total. The highest BCUT2D eigenvalue weighted by atomic mass is 32.2. The Morgan fingerprint density at radius 3 is 2.05 bits per heavy atom. The summed E-state index contributed by atoms with van der Waals surface area (Å²) in [4.78, 5) is 13.2. The molecule has 0 aromatic heterocycles. The van der Waals surface area contributed by atoms with Crippen molar-refractivity contribution in [2.75, 3.05) is 5.75 Å². The Balaban J connectivity index is 1.27. The Kier molecular flexibility index (Phi) is 7.03. The van der Waals surface area contributed by atoms with E-state index in [4.69, 9.17) is 4.74 Å². The molecular weight excluding hydrogens is 484 g/mol. The summed E-state index contributed by atoms with van der Waals surface area (Å²) in [5.41, 5.74) is 3.84. The summed E-state index contributed by atoms with van der Waals surface area (Å²) in [5, 5.41) is 12.2. The molecule has 2 aliphatic carbocycles. The molecule has 0 heterocycles. The van der Waals surface area contributed by atoms with Gasteiger partial charge in [0.1, 0.15) is 11.5 Å². The number of nitrogens with zero attached hydrogens (tertiary/aromatic N) is 1. The number of sulfone groups is 1. The molecule has 1 unspecified atom stereocenters. The van der Waals surface area contributed by atoms with Crippen LogP contribution in [-0.4, -0.2) is 20.1 Å². The maximum Gasteiger partial charge on any atom is 0.251 e. The van der Waals surface area contributed by atoms with Gasteiger partial charge in [0.05, 0.1) is 29.2 Å². The highest BCUT2D eigenvalue weighted by Crippen LogP contribution is 2.46. The molecule has 0 bridgehead atoms. The van der Waals surface area contributed by atoms with Crippen LogP contribution in [0.25, 0.3) is 0 Å². The lowest BCUT2D eigenvalue weighted by molar-refractivity contribution is 0.0937. The van der Waals surface area contributed by atoms with E-state index in [1.807, 2.05) is 0 Å². The highest BCUT2D eigenvalue weighted by Gasteiger charge is 2.29. The third-order valence-electron chi connectivity index (χ3n) is 7.02. The Labute approximate surface area is 218 Å². The number of benzene rings is 3. The first-order valence-electron chi connectivity index (χ1n) is 12.8. The lowest BCUT2D eigenvalue weighted by atomic mass is 10.0. The van der Waals surface area contributed by atoms with Gasteiger partial charge in [-0.1, -0.05) is 25.1 Å². The van der Waals surface area contributed by atoms with Gasteiger partial charge in [-0.25, -0.2) is 8.42 Å². The van der Waals surface area contributed by atoms with Crippen LogP contribution in [0, 0.1) is 11.3 Å². The molecule has 1 N–H and O–H groups in total.